The van der Waals surface area contributed by atoms with Crippen LogP contribution in [0.3, 0.4) is 0 Å². The maximum absolute atomic E-state index is 11.4. The maximum atomic E-state index is 11.4. The molecule has 0 saturated carbocycles. The summed E-state index contributed by atoms with van der Waals surface area (Å²) < 4.78 is 5.96. The van der Waals surface area contributed by atoms with Gasteiger partial charge in [-0.15, -0.1) is 0 Å². The van der Waals surface area contributed by atoms with Gasteiger partial charge in [0.1, 0.15) is 5.69 Å². The predicted octanol–water partition coefficient (Wildman–Crippen LogP) is 3.81. The van der Waals surface area contributed by atoms with Gasteiger partial charge in [0.05, 0.1) is 6.54 Å². The lowest BCUT2D eigenvalue weighted by Crippen LogP contribution is -2.20. The second kappa shape index (κ2) is 6.75. The number of nitrogens with one attached hydrogen (secondary N) is 1. The zero-order valence-corrected chi connectivity index (χ0v) is 12.5. The molecule has 0 bridgehead atoms. The average molecular weight is 304 g/mol. The smallest absolute Gasteiger partial charge is 0.243 e. The lowest BCUT2D eigenvalue weighted by Gasteiger charge is -2.01. The molecule has 0 aliphatic heterocycles. The van der Waals surface area contributed by atoms with Crippen LogP contribution >= 0.6 is 0 Å². The molecule has 3 aromatic rings. The minimum atomic E-state index is -0.242. The first-order valence-electron chi connectivity index (χ1n) is 7.28. The molecule has 2 aromatic carbocycles. The van der Waals surface area contributed by atoms with Crippen molar-refractivity contribution in [3.63, 3.8) is 0 Å². The van der Waals surface area contributed by atoms with Gasteiger partial charge in [-0.3, -0.25) is 4.79 Å². The Kier molecular flexibility index (Phi) is 4.34. The molecule has 1 heterocycles. The fourth-order valence-electron chi connectivity index (χ4n) is 2.23. The summed E-state index contributed by atoms with van der Waals surface area (Å²) in [5.74, 6) is 0.953. The standard InChI is InChI=1S/C19H16N2O2/c1-2-17(22)20-13-16-18(14-9-5-3-6-10-14)23-19(21-16)15-11-7-4-8-12-15/h2-12H,1,13H2,(H,20,22). The summed E-state index contributed by atoms with van der Waals surface area (Å²) in [5, 5.41) is 2.74. The molecule has 0 aliphatic carbocycles. The summed E-state index contributed by atoms with van der Waals surface area (Å²) in [6.45, 7) is 3.73. The minimum Gasteiger partial charge on any atom is -0.436 e. The van der Waals surface area contributed by atoms with Crippen molar-refractivity contribution in [2.24, 2.45) is 0 Å². The topological polar surface area (TPSA) is 55.1 Å². The van der Waals surface area contributed by atoms with Gasteiger partial charge in [-0.05, 0) is 18.2 Å². The third-order valence-electron chi connectivity index (χ3n) is 3.37. The minimum absolute atomic E-state index is 0.242. The lowest BCUT2D eigenvalue weighted by molar-refractivity contribution is -0.116. The zero-order chi connectivity index (χ0) is 16.1. The quantitative estimate of drug-likeness (QED) is 0.729. The van der Waals surface area contributed by atoms with Gasteiger partial charge in [0.15, 0.2) is 5.76 Å². The molecule has 0 saturated heterocycles. The second-order valence-corrected chi connectivity index (χ2v) is 4.95. The highest BCUT2D eigenvalue weighted by atomic mass is 16.4. The van der Waals surface area contributed by atoms with Gasteiger partial charge < -0.3 is 9.73 Å². The first-order valence-corrected chi connectivity index (χ1v) is 7.28. The number of oxazole rings is 1. The van der Waals surface area contributed by atoms with E-state index in [0.29, 0.717) is 17.3 Å². The van der Waals surface area contributed by atoms with Crippen LogP contribution in [0.1, 0.15) is 5.69 Å². The lowest BCUT2D eigenvalue weighted by atomic mass is 10.1. The van der Waals surface area contributed by atoms with Crippen molar-refractivity contribution >= 4 is 5.91 Å². The molecular formula is C19H16N2O2. The largest absolute Gasteiger partial charge is 0.436 e. The van der Waals surface area contributed by atoms with E-state index in [1.54, 1.807) is 0 Å². The molecular weight excluding hydrogens is 288 g/mol. The molecule has 0 unspecified atom stereocenters. The molecule has 0 atom stereocenters. The highest BCUT2D eigenvalue weighted by Gasteiger charge is 2.16. The van der Waals surface area contributed by atoms with Gasteiger partial charge in [-0.1, -0.05) is 55.1 Å². The van der Waals surface area contributed by atoms with Crippen molar-refractivity contribution in [2.45, 2.75) is 6.54 Å². The number of hydrogen-bond donors (Lipinski definition) is 1. The Morgan fingerprint density at radius 1 is 1.04 bits per heavy atom. The van der Waals surface area contributed by atoms with E-state index in [1.807, 2.05) is 60.7 Å². The molecule has 3 rings (SSSR count). The SMILES string of the molecule is C=CC(=O)NCc1nc(-c2ccccc2)oc1-c1ccccc1. The van der Waals surface area contributed by atoms with Crippen molar-refractivity contribution in [3.05, 3.63) is 79.0 Å². The van der Waals surface area contributed by atoms with Gasteiger partial charge in [-0.25, -0.2) is 4.98 Å². The van der Waals surface area contributed by atoms with Gasteiger partial charge in [0.2, 0.25) is 11.8 Å². The van der Waals surface area contributed by atoms with E-state index < -0.39 is 0 Å². The molecule has 0 aliphatic rings. The van der Waals surface area contributed by atoms with Crippen LogP contribution in [0.25, 0.3) is 22.8 Å². The number of amides is 1. The van der Waals surface area contributed by atoms with Crippen molar-refractivity contribution in [1.82, 2.24) is 10.3 Å². The van der Waals surface area contributed by atoms with E-state index in [-0.39, 0.29) is 12.5 Å². The Morgan fingerprint density at radius 3 is 2.26 bits per heavy atom. The van der Waals surface area contributed by atoms with E-state index in [9.17, 15) is 4.79 Å². The summed E-state index contributed by atoms with van der Waals surface area (Å²) in [6.07, 6.45) is 1.24. The summed E-state index contributed by atoms with van der Waals surface area (Å²) in [4.78, 5) is 16.0. The third-order valence-corrected chi connectivity index (χ3v) is 3.37. The normalized spacial score (nSPS) is 10.3. The van der Waals surface area contributed by atoms with Crippen LogP contribution in [0.2, 0.25) is 0 Å². The van der Waals surface area contributed by atoms with Gasteiger partial charge >= 0.3 is 0 Å². The Labute approximate surface area is 134 Å². The molecule has 0 radical (unpaired) electrons. The van der Waals surface area contributed by atoms with Gasteiger partial charge in [0, 0.05) is 11.1 Å². The highest BCUT2D eigenvalue weighted by molar-refractivity contribution is 5.86. The van der Waals surface area contributed by atoms with E-state index in [0.717, 1.165) is 11.1 Å². The molecule has 1 amide bonds. The number of rotatable bonds is 5. The van der Waals surface area contributed by atoms with Gasteiger partial charge in [-0.2, -0.15) is 0 Å². The number of aromatic nitrogens is 1. The maximum Gasteiger partial charge on any atom is 0.243 e. The van der Waals surface area contributed by atoms with Crippen molar-refractivity contribution in [1.29, 1.82) is 0 Å². The highest BCUT2D eigenvalue weighted by Crippen LogP contribution is 2.29. The molecule has 4 heteroatoms. The first-order chi connectivity index (χ1) is 11.3. The molecule has 23 heavy (non-hydrogen) atoms. The van der Waals surface area contributed by atoms with Crippen LogP contribution < -0.4 is 5.32 Å². The Balaban J connectivity index is 2.00. The number of nitrogens with zero attached hydrogens (tertiary/aromatic N) is 1. The Bertz CT molecular complexity index is 808. The second-order valence-electron chi connectivity index (χ2n) is 4.95. The molecule has 1 N–H and O–H groups in total. The Morgan fingerprint density at radius 2 is 1.65 bits per heavy atom. The van der Waals surface area contributed by atoms with Crippen LogP contribution in [-0.4, -0.2) is 10.9 Å². The molecule has 4 nitrogen and oxygen atoms in total. The van der Waals surface area contributed by atoms with E-state index in [4.69, 9.17) is 4.42 Å². The van der Waals surface area contributed by atoms with Crippen molar-refractivity contribution in [3.8, 4) is 22.8 Å². The number of hydrogen-bond acceptors (Lipinski definition) is 3. The van der Waals surface area contributed by atoms with E-state index in [2.05, 4.69) is 16.9 Å². The molecule has 0 spiro atoms. The fraction of sp³-hybridized carbons (Fsp3) is 0.0526. The Hall–Kier alpha value is -3.14. The van der Waals surface area contributed by atoms with Crippen LogP contribution in [0, 0.1) is 0 Å². The number of benzene rings is 2. The third kappa shape index (κ3) is 3.37. The molecule has 1 aromatic heterocycles. The number of carbonyl (C=O) groups excluding carboxylic acids is 1. The zero-order valence-electron chi connectivity index (χ0n) is 12.5. The number of carbonyl (C=O) groups is 1. The van der Waals surface area contributed by atoms with E-state index in [1.165, 1.54) is 6.08 Å². The van der Waals surface area contributed by atoms with Crippen LogP contribution in [0.5, 0.6) is 0 Å². The summed E-state index contributed by atoms with van der Waals surface area (Å²) in [6, 6.07) is 19.4. The van der Waals surface area contributed by atoms with Crippen molar-refractivity contribution < 1.29 is 9.21 Å². The van der Waals surface area contributed by atoms with Crippen LogP contribution in [0.4, 0.5) is 0 Å². The van der Waals surface area contributed by atoms with Crippen LogP contribution in [-0.2, 0) is 11.3 Å². The average Bonchev–Trinajstić information content (AvgIpc) is 3.05. The first kappa shape index (κ1) is 14.8. The predicted molar refractivity (Wildman–Crippen MR) is 89.4 cm³/mol. The summed E-state index contributed by atoms with van der Waals surface area (Å²) in [5.41, 5.74) is 2.50. The molecule has 0 fully saturated rings. The molecule has 114 valence electrons. The van der Waals surface area contributed by atoms with Crippen LogP contribution in [0.15, 0.2) is 77.7 Å². The van der Waals surface area contributed by atoms with Crippen molar-refractivity contribution in [2.75, 3.05) is 0 Å². The summed E-state index contributed by atoms with van der Waals surface area (Å²) in [7, 11) is 0. The monoisotopic (exact) mass is 304 g/mol. The van der Waals surface area contributed by atoms with Gasteiger partial charge in [0.25, 0.3) is 0 Å². The fourth-order valence-corrected chi connectivity index (χ4v) is 2.23. The van der Waals surface area contributed by atoms with E-state index >= 15 is 0 Å². The summed E-state index contributed by atoms with van der Waals surface area (Å²) >= 11 is 0.